The van der Waals surface area contributed by atoms with E-state index in [-0.39, 0.29) is 6.42 Å². The molecule has 1 atom stereocenters. The van der Waals surface area contributed by atoms with E-state index in [1.165, 1.54) is 12.2 Å². The Bertz CT molecular complexity index is 172. The van der Waals surface area contributed by atoms with Crippen molar-refractivity contribution in [3.05, 3.63) is 24.1 Å². The highest BCUT2D eigenvalue weighted by Gasteiger charge is 2.21. The van der Waals surface area contributed by atoms with Crippen LogP contribution in [0.5, 0.6) is 0 Å². The predicted octanol–water partition coefficient (Wildman–Crippen LogP) is 1.73. The molecule has 0 aromatic heterocycles. The maximum absolute atomic E-state index is 12.2. The third kappa shape index (κ3) is 1.80. The van der Waals surface area contributed by atoms with Gasteiger partial charge in [-0.05, 0) is 12.2 Å². The van der Waals surface area contributed by atoms with Crippen molar-refractivity contribution in [3.8, 4) is 0 Å². The van der Waals surface area contributed by atoms with E-state index < -0.39 is 10.9 Å². The van der Waals surface area contributed by atoms with Crippen LogP contribution in [0.1, 0.15) is 6.42 Å². The minimum atomic E-state index is -1.50. The number of rotatable bonds is 0. The Balaban J connectivity index is 2.78. The smallest absolute Gasteiger partial charge is 0.163 e. The Labute approximate surface area is 57.4 Å². The third-order valence-electron chi connectivity index (χ3n) is 1.04. The summed E-state index contributed by atoms with van der Waals surface area (Å²) in [4.78, 5) is 0. The summed E-state index contributed by atoms with van der Waals surface area (Å²) in [6, 6.07) is 0. The molecule has 1 aliphatic rings. The molecule has 1 rings (SSSR count). The molecule has 1 N–H and O–H groups in total. The van der Waals surface area contributed by atoms with Crippen molar-refractivity contribution in [2.45, 2.75) is 11.5 Å². The van der Waals surface area contributed by atoms with Crippen LogP contribution in [0.2, 0.25) is 0 Å². The molecule has 9 heavy (non-hydrogen) atoms. The van der Waals surface area contributed by atoms with Gasteiger partial charge in [0.1, 0.15) is 5.83 Å². The lowest BCUT2D eigenvalue weighted by atomic mass is 10.1. The molecule has 0 aromatic carbocycles. The monoisotopic (exact) mass is 148 g/mol. The molecule has 0 heterocycles. The highest BCUT2D eigenvalue weighted by molar-refractivity contribution is 6.24. The molecule has 0 radical (unpaired) electrons. The summed E-state index contributed by atoms with van der Waals surface area (Å²) in [5, 5.41) is 7.44. The summed E-state index contributed by atoms with van der Waals surface area (Å²) in [5.41, 5.74) is 0. The van der Waals surface area contributed by atoms with Crippen LogP contribution in [0.25, 0.3) is 0 Å². The Morgan fingerprint density at radius 2 is 2.44 bits per heavy atom. The summed E-state index contributed by atoms with van der Waals surface area (Å²) in [7, 11) is 0. The van der Waals surface area contributed by atoms with Crippen LogP contribution in [0.15, 0.2) is 24.1 Å². The van der Waals surface area contributed by atoms with E-state index in [9.17, 15) is 4.39 Å². The number of allylic oxidation sites excluding steroid dienone is 2. The second-order valence-corrected chi connectivity index (χ2v) is 2.61. The Morgan fingerprint density at radius 3 is 2.78 bits per heavy atom. The summed E-state index contributed by atoms with van der Waals surface area (Å²) < 4.78 is 12.2. The molecule has 0 spiro atoms. The normalized spacial score (nSPS) is 34.3. The van der Waals surface area contributed by atoms with Gasteiger partial charge >= 0.3 is 0 Å². The van der Waals surface area contributed by atoms with Gasteiger partial charge in [0.15, 0.2) is 5.06 Å². The molecular formula is C6H6ClFO. The van der Waals surface area contributed by atoms with Gasteiger partial charge in [0.2, 0.25) is 0 Å². The molecule has 0 amide bonds. The van der Waals surface area contributed by atoms with Gasteiger partial charge in [-0.2, -0.15) is 0 Å². The highest BCUT2D eigenvalue weighted by atomic mass is 35.5. The first-order chi connectivity index (χ1) is 4.10. The van der Waals surface area contributed by atoms with Crippen molar-refractivity contribution in [2.75, 3.05) is 0 Å². The number of alkyl halides is 1. The molecule has 0 fully saturated rings. The molecule has 0 aromatic rings. The fraction of sp³-hybridized carbons (Fsp3) is 0.333. The van der Waals surface area contributed by atoms with Crippen molar-refractivity contribution in [1.29, 1.82) is 0 Å². The van der Waals surface area contributed by atoms with E-state index in [4.69, 9.17) is 16.7 Å². The first-order valence-corrected chi connectivity index (χ1v) is 2.94. The standard InChI is InChI=1S/C6H6ClFO/c7-6(9)3-1-2-5(8)4-6/h1-2,4,9H,3H2. The summed E-state index contributed by atoms with van der Waals surface area (Å²) in [5.74, 6) is -0.487. The van der Waals surface area contributed by atoms with E-state index >= 15 is 0 Å². The Kier molecular flexibility index (Phi) is 1.60. The van der Waals surface area contributed by atoms with Gasteiger partial charge in [0, 0.05) is 6.42 Å². The van der Waals surface area contributed by atoms with E-state index in [1.54, 1.807) is 0 Å². The highest BCUT2D eigenvalue weighted by Crippen LogP contribution is 2.25. The molecule has 1 aliphatic carbocycles. The van der Waals surface area contributed by atoms with E-state index in [0.29, 0.717) is 0 Å². The zero-order valence-corrected chi connectivity index (χ0v) is 5.40. The lowest BCUT2D eigenvalue weighted by Crippen LogP contribution is -2.17. The van der Waals surface area contributed by atoms with Crippen molar-refractivity contribution >= 4 is 11.6 Å². The summed E-state index contributed by atoms with van der Waals surface area (Å²) in [6.45, 7) is 0. The van der Waals surface area contributed by atoms with Crippen molar-refractivity contribution in [3.63, 3.8) is 0 Å². The average Bonchev–Trinajstić information content (AvgIpc) is 1.60. The summed E-state index contributed by atoms with van der Waals surface area (Å²) in [6.07, 6.45) is 4.01. The third-order valence-corrected chi connectivity index (χ3v) is 1.30. The fourth-order valence-electron chi connectivity index (χ4n) is 0.655. The van der Waals surface area contributed by atoms with Crippen LogP contribution in [-0.2, 0) is 0 Å². The summed E-state index contributed by atoms with van der Waals surface area (Å²) >= 11 is 5.35. The van der Waals surface area contributed by atoms with Gasteiger partial charge in [0.05, 0.1) is 0 Å². The van der Waals surface area contributed by atoms with Crippen LogP contribution in [-0.4, -0.2) is 10.2 Å². The van der Waals surface area contributed by atoms with Gasteiger partial charge in [-0.3, -0.25) is 0 Å². The van der Waals surface area contributed by atoms with Crippen molar-refractivity contribution in [2.24, 2.45) is 0 Å². The Morgan fingerprint density at radius 1 is 1.78 bits per heavy atom. The molecule has 0 bridgehead atoms. The van der Waals surface area contributed by atoms with Crippen LogP contribution >= 0.6 is 11.6 Å². The van der Waals surface area contributed by atoms with Crippen LogP contribution in [0.4, 0.5) is 4.39 Å². The second-order valence-electron chi connectivity index (χ2n) is 1.95. The van der Waals surface area contributed by atoms with Gasteiger partial charge in [-0.1, -0.05) is 17.7 Å². The number of hydrogen-bond donors (Lipinski definition) is 1. The van der Waals surface area contributed by atoms with E-state index in [0.717, 1.165) is 6.08 Å². The fourth-order valence-corrected chi connectivity index (χ4v) is 0.848. The zero-order chi connectivity index (χ0) is 6.91. The van der Waals surface area contributed by atoms with E-state index in [2.05, 4.69) is 0 Å². The maximum Gasteiger partial charge on any atom is 0.163 e. The lowest BCUT2D eigenvalue weighted by Gasteiger charge is -2.15. The lowest BCUT2D eigenvalue weighted by molar-refractivity contribution is 0.178. The van der Waals surface area contributed by atoms with Gasteiger partial charge in [-0.25, -0.2) is 4.39 Å². The first-order valence-electron chi connectivity index (χ1n) is 2.56. The number of halogens is 2. The molecule has 0 saturated carbocycles. The van der Waals surface area contributed by atoms with Crippen molar-refractivity contribution < 1.29 is 9.50 Å². The molecule has 1 nitrogen and oxygen atoms in total. The quantitative estimate of drug-likeness (QED) is 0.519. The van der Waals surface area contributed by atoms with Gasteiger partial charge < -0.3 is 5.11 Å². The largest absolute Gasteiger partial charge is 0.371 e. The molecule has 1 unspecified atom stereocenters. The molecular weight excluding hydrogens is 143 g/mol. The topological polar surface area (TPSA) is 20.2 Å². The Hall–Kier alpha value is -0.340. The minimum absolute atomic E-state index is 0.266. The maximum atomic E-state index is 12.2. The minimum Gasteiger partial charge on any atom is -0.371 e. The predicted molar refractivity (Wildman–Crippen MR) is 33.8 cm³/mol. The van der Waals surface area contributed by atoms with Crippen LogP contribution in [0, 0.1) is 0 Å². The number of aliphatic hydroxyl groups is 1. The van der Waals surface area contributed by atoms with Gasteiger partial charge in [-0.15, -0.1) is 0 Å². The first kappa shape index (κ1) is 6.78. The molecule has 0 aliphatic heterocycles. The SMILES string of the molecule is OC1(Cl)C=C(F)C=CC1. The average molecular weight is 149 g/mol. The van der Waals surface area contributed by atoms with Gasteiger partial charge in [0.25, 0.3) is 0 Å². The van der Waals surface area contributed by atoms with E-state index in [1.807, 2.05) is 0 Å². The molecule has 50 valence electrons. The molecule has 0 saturated heterocycles. The molecule has 3 heteroatoms. The zero-order valence-electron chi connectivity index (χ0n) is 4.64. The van der Waals surface area contributed by atoms with Crippen molar-refractivity contribution in [1.82, 2.24) is 0 Å². The second kappa shape index (κ2) is 2.12. The van der Waals surface area contributed by atoms with Crippen LogP contribution < -0.4 is 0 Å². The van der Waals surface area contributed by atoms with Crippen LogP contribution in [0.3, 0.4) is 0 Å². The number of hydrogen-bond acceptors (Lipinski definition) is 1.